The SMILES string of the molecule is CCCCC[C@H](CC(=O)c1ccc(-c2ccc(Cl)cc2)cc1)C(=O)N(C)[C@@H]1C(=O)C[C@@H](C)C(=O)N[C@H](C(=O)OC)Cc2ccc(C)c(c2)-c2cc1ccc2O. The Labute approximate surface area is 328 Å². The van der Waals surface area contributed by atoms with Crippen LogP contribution in [0, 0.1) is 18.8 Å². The first-order valence-corrected chi connectivity index (χ1v) is 19.2. The third kappa shape index (κ3) is 9.89. The Balaban J connectivity index is 1.50. The van der Waals surface area contributed by atoms with Crippen LogP contribution in [0.2, 0.25) is 5.02 Å². The van der Waals surface area contributed by atoms with Gasteiger partial charge in [0.1, 0.15) is 17.8 Å². The van der Waals surface area contributed by atoms with Crippen LogP contribution in [0.1, 0.15) is 85.5 Å². The predicted octanol–water partition coefficient (Wildman–Crippen LogP) is 8.47. The van der Waals surface area contributed by atoms with Crippen LogP contribution in [0.3, 0.4) is 0 Å². The highest BCUT2D eigenvalue weighted by atomic mass is 35.5. The van der Waals surface area contributed by atoms with Crippen LogP contribution < -0.4 is 5.32 Å². The van der Waals surface area contributed by atoms with Gasteiger partial charge in [0.05, 0.1) is 7.11 Å². The van der Waals surface area contributed by atoms with Crippen LogP contribution in [-0.2, 0) is 30.3 Å². The highest BCUT2D eigenvalue weighted by molar-refractivity contribution is 6.30. The summed E-state index contributed by atoms with van der Waals surface area (Å²) >= 11 is 6.06. The first kappa shape index (κ1) is 40.9. The van der Waals surface area contributed by atoms with Crippen molar-refractivity contribution in [2.45, 2.75) is 77.8 Å². The minimum absolute atomic E-state index is 0.0208. The molecule has 0 unspecified atom stereocenters. The number of nitrogens with zero attached hydrogens (tertiary/aromatic N) is 1. The molecule has 9 nitrogen and oxygen atoms in total. The van der Waals surface area contributed by atoms with E-state index in [9.17, 15) is 29.1 Å². The minimum atomic E-state index is -1.13. The predicted molar refractivity (Wildman–Crippen MR) is 214 cm³/mol. The topological polar surface area (TPSA) is 130 Å². The van der Waals surface area contributed by atoms with Crippen molar-refractivity contribution < 1.29 is 33.8 Å². The molecule has 55 heavy (non-hydrogen) atoms. The molecule has 4 atom stereocenters. The lowest BCUT2D eigenvalue weighted by molar-refractivity contribution is -0.146. The van der Waals surface area contributed by atoms with Gasteiger partial charge in [-0.15, -0.1) is 0 Å². The van der Waals surface area contributed by atoms with Gasteiger partial charge < -0.3 is 20.1 Å². The molecule has 0 fully saturated rings. The van der Waals surface area contributed by atoms with Gasteiger partial charge in [-0.05, 0) is 71.0 Å². The summed E-state index contributed by atoms with van der Waals surface area (Å²) in [4.78, 5) is 70.4. The van der Waals surface area contributed by atoms with E-state index in [2.05, 4.69) is 12.2 Å². The van der Waals surface area contributed by atoms with Crippen molar-refractivity contribution in [1.82, 2.24) is 10.2 Å². The number of unbranched alkanes of at least 4 members (excludes halogenated alkanes) is 2. The Morgan fingerprint density at radius 1 is 0.909 bits per heavy atom. The van der Waals surface area contributed by atoms with Gasteiger partial charge >= 0.3 is 5.97 Å². The van der Waals surface area contributed by atoms with Crippen LogP contribution >= 0.6 is 11.6 Å². The monoisotopic (exact) mass is 764 g/mol. The van der Waals surface area contributed by atoms with Crippen LogP contribution in [0.25, 0.3) is 22.3 Å². The van der Waals surface area contributed by atoms with E-state index in [0.29, 0.717) is 33.7 Å². The van der Waals surface area contributed by atoms with Gasteiger partial charge in [-0.3, -0.25) is 19.2 Å². The molecule has 10 heteroatoms. The van der Waals surface area contributed by atoms with Crippen molar-refractivity contribution in [2.24, 2.45) is 11.8 Å². The van der Waals surface area contributed by atoms with Gasteiger partial charge in [0.2, 0.25) is 11.8 Å². The highest BCUT2D eigenvalue weighted by Gasteiger charge is 2.36. The Morgan fingerprint density at radius 2 is 1.58 bits per heavy atom. The molecule has 5 rings (SSSR count). The van der Waals surface area contributed by atoms with E-state index in [4.69, 9.17) is 16.3 Å². The molecule has 0 saturated carbocycles. The Morgan fingerprint density at radius 3 is 2.24 bits per heavy atom. The van der Waals surface area contributed by atoms with Gasteiger partial charge in [-0.25, -0.2) is 4.79 Å². The number of ketones is 2. The largest absolute Gasteiger partial charge is 0.507 e. The number of ether oxygens (including phenoxy) is 1. The number of fused-ring (bicyclic) bond motifs is 5. The van der Waals surface area contributed by atoms with Crippen molar-refractivity contribution in [2.75, 3.05) is 14.2 Å². The van der Waals surface area contributed by atoms with Gasteiger partial charge in [0.25, 0.3) is 0 Å². The van der Waals surface area contributed by atoms with E-state index in [-0.39, 0.29) is 36.7 Å². The highest BCUT2D eigenvalue weighted by Crippen LogP contribution is 2.37. The van der Waals surface area contributed by atoms with E-state index < -0.39 is 41.6 Å². The minimum Gasteiger partial charge on any atom is -0.507 e. The Hall–Kier alpha value is -5.28. The van der Waals surface area contributed by atoms with Crippen molar-refractivity contribution in [1.29, 1.82) is 0 Å². The first-order chi connectivity index (χ1) is 26.3. The Bertz CT molecular complexity index is 2040. The molecule has 0 saturated heterocycles. The lowest BCUT2D eigenvalue weighted by Crippen LogP contribution is -2.46. The average molecular weight is 765 g/mol. The lowest BCUT2D eigenvalue weighted by Gasteiger charge is -2.32. The van der Waals surface area contributed by atoms with Gasteiger partial charge in [0.15, 0.2) is 11.6 Å². The normalized spacial score (nSPS) is 17.7. The number of benzene rings is 4. The molecular formula is C45H49ClN2O7. The molecule has 1 aliphatic rings. The molecule has 0 aromatic heterocycles. The van der Waals surface area contributed by atoms with E-state index >= 15 is 0 Å². The number of hydrogen-bond donors (Lipinski definition) is 2. The number of nitrogens with one attached hydrogen (secondary N) is 1. The van der Waals surface area contributed by atoms with Crippen LogP contribution in [0.15, 0.2) is 84.9 Å². The number of phenols is 1. The average Bonchev–Trinajstić information content (AvgIpc) is 3.18. The number of likely N-dealkylation sites (N-methyl/N-ethyl adjacent to an activating group) is 1. The fourth-order valence-electron chi connectivity index (χ4n) is 7.24. The van der Waals surface area contributed by atoms with E-state index in [1.807, 2.05) is 61.5 Å². The standard InChI is InChI=1S/C45H49ClN2O7/c1-6-7-8-9-34(26-40(50)32-14-12-30(13-15-32)31-16-19-35(46)20-17-31)44(53)48(4)42-33-18-21-39(49)37(25-33)36-23-29(11-10-27(36)2)24-38(45(54)55-5)47-43(52)28(3)22-41(42)51/h10-21,23,25,28,34,38,42,49H,6-9,22,24,26H2,1-5H3,(H,47,52)/t28-,34-,38+,42+/m1/s1. The molecule has 0 spiro atoms. The maximum atomic E-state index is 14.6. The molecule has 1 aliphatic heterocycles. The smallest absolute Gasteiger partial charge is 0.328 e. The fourth-order valence-corrected chi connectivity index (χ4v) is 7.37. The summed E-state index contributed by atoms with van der Waals surface area (Å²) in [6.07, 6.45) is 2.82. The maximum Gasteiger partial charge on any atom is 0.328 e. The third-order valence-electron chi connectivity index (χ3n) is 10.5. The van der Waals surface area contributed by atoms with Gasteiger partial charge in [-0.2, -0.15) is 0 Å². The van der Waals surface area contributed by atoms with Crippen LogP contribution in [0.5, 0.6) is 5.75 Å². The molecule has 4 aromatic rings. The van der Waals surface area contributed by atoms with Crippen LogP contribution in [-0.4, -0.2) is 59.6 Å². The van der Waals surface area contributed by atoms with Gasteiger partial charge in [-0.1, -0.05) is 105 Å². The van der Waals surface area contributed by atoms with E-state index in [1.165, 1.54) is 18.1 Å². The number of amides is 2. The number of carbonyl (C=O) groups is 5. The van der Waals surface area contributed by atoms with Crippen molar-refractivity contribution in [3.63, 3.8) is 0 Å². The molecular weight excluding hydrogens is 716 g/mol. The number of Topliss-reactive ketones (excluding diaryl/α,β-unsaturated/α-hetero) is 2. The zero-order valence-electron chi connectivity index (χ0n) is 32.1. The second-order valence-corrected chi connectivity index (χ2v) is 15.0. The molecule has 1 heterocycles. The number of esters is 1. The number of carbonyl (C=O) groups excluding carboxylic acids is 5. The summed E-state index contributed by atoms with van der Waals surface area (Å²) in [5.74, 6) is -3.66. The number of methoxy groups -OCH3 is 1. The number of rotatable bonds is 11. The summed E-state index contributed by atoms with van der Waals surface area (Å²) in [6.45, 7) is 5.55. The fraction of sp³-hybridized carbons (Fsp3) is 0.356. The summed E-state index contributed by atoms with van der Waals surface area (Å²) in [6, 6.07) is 22.9. The Kier molecular flexibility index (Phi) is 13.7. The third-order valence-corrected chi connectivity index (χ3v) is 10.7. The van der Waals surface area contributed by atoms with E-state index in [1.54, 1.807) is 38.2 Å². The molecule has 288 valence electrons. The maximum absolute atomic E-state index is 14.6. The van der Waals surface area contributed by atoms with Crippen molar-refractivity contribution >= 4 is 41.0 Å². The zero-order valence-corrected chi connectivity index (χ0v) is 32.8. The van der Waals surface area contributed by atoms with Gasteiger partial charge in [0, 0.05) is 54.3 Å². The lowest BCUT2D eigenvalue weighted by atomic mass is 9.87. The number of aromatic hydroxyl groups is 1. The second kappa shape index (κ2) is 18.4. The molecule has 4 bridgehead atoms. The number of halogens is 1. The number of phenolic OH excluding ortho intramolecular Hbond substituents is 1. The summed E-state index contributed by atoms with van der Waals surface area (Å²) in [5.41, 5.74) is 5.51. The van der Waals surface area contributed by atoms with E-state index in [0.717, 1.165) is 41.5 Å². The molecule has 0 aliphatic carbocycles. The van der Waals surface area contributed by atoms with Crippen molar-refractivity contribution in [3.05, 3.63) is 112 Å². The zero-order chi connectivity index (χ0) is 39.8. The number of hydrogen-bond acceptors (Lipinski definition) is 7. The summed E-state index contributed by atoms with van der Waals surface area (Å²) < 4.78 is 5.00. The second-order valence-electron chi connectivity index (χ2n) is 14.5. The van der Waals surface area contributed by atoms with Crippen LogP contribution in [0.4, 0.5) is 0 Å². The molecule has 0 radical (unpaired) electrons. The summed E-state index contributed by atoms with van der Waals surface area (Å²) in [7, 11) is 2.80. The number of aryl methyl sites for hydroxylation is 1. The molecule has 4 aromatic carbocycles. The first-order valence-electron chi connectivity index (χ1n) is 18.8. The van der Waals surface area contributed by atoms with Crippen molar-refractivity contribution in [3.8, 4) is 28.0 Å². The quantitative estimate of drug-likeness (QED) is 0.0891. The molecule has 2 amide bonds. The molecule has 2 N–H and O–H groups in total. The summed E-state index contributed by atoms with van der Waals surface area (Å²) in [5, 5.41) is 14.5.